The number of amides is 2. The number of ether oxygens (including phenoxy) is 1. The lowest BCUT2D eigenvalue weighted by molar-refractivity contribution is -0.118. The second-order valence-electron chi connectivity index (χ2n) is 5.09. The van der Waals surface area contributed by atoms with E-state index in [0.29, 0.717) is 23.5 Å². The average molecular weight is 312 g/mol. The highest BCUT2D eigenvalue weighted by molar-refractivity contribution is 5.96. The van der Waals surface area contributed by atoms with E-state index >= 15 is 0 Å². The topological polar surface area (TPSA) is 67.4 Å². The van der Waals surface area contributed by atoms with Gasteiger partial charge in [-0.3, -0.25) is 9.59 Å². The first-order chi connectivity index (χ1) is 11.1. The summed E-state index contributed by atoms with van der Waals surface area (Å²) in [6, 6.07) is 14.2. The Morgan fingerprint density at radius 1 is 1.09 bits per heavy atom. The van der Waals surface area contributed by atoms with Crippen LogP contribution in [0.1, 0.15) is 22.8 Å². The molecule has 0 spiro atoms. The molecule has 0 aliphatic carbocycles. The van der Waals surface area contributed by atoms with Gasteiger partial charge in [0.25, 0.3) is 11.8 Å². The van der Waals surface area contributed by atoms with Gasteiger partial charge in [-0.2, -0.15) is 0 Å². The van der Waals surface area contributed by atoms with E-state index in [9.17, 15) is 9.59 Å². The van der Waals surface area contributed by atoms with E-state index < -0.39 is 0 Å². The molecule has 0 fully saturated rings. The molecule has 0 radical (unpaired) electrons. The SMILES string of the molecule is CCNC(=O)c1ccc(NC(=O)COc2cccc(C)c2)cc1. The van der Waals surface area contributed by atoms with Crippen molar-refractivity contribution >= 4 is 17.5 Å². The van der Waals surface area contributed by atoms with Crippen molar-refractivity contribution < 1.29 is 14.3 Å². The third-order valence-corrected chi connectivity index (χ3v) is 3.13. The van der Waals surface area contributed by atoms with Gasteiger partial charge in [0, 0.05) is 17.8 Å². The molecule has 23 heavy (non-hydrogen) atoms. The van der Waals surface area contributed by atoms with Gasteiger partial charge in [-0.15, -0.1) is 0 Å². The Bertz CT molecular complexity index is 681. The molecular weight excluding hydrogens is 292 g/mol. The Hall–Kier alpha value is -2.82. The van der Waals surface area contributed by atoms with E-state index in [0.717, 1.165) is 5.56 Å². The Morgan fingerprint density at radius 3 is 2.48 bits per heavy atom. The van der Waals surface area contributed by atoms with E-state index in [1.165, 1.54) is 0 Å². The van der Waals surface area contributed by atoms with E-state index in [4.69, 9.17) is 4.74 Å². The van der Waals surface area contributed by atoms with Crippen LogP contribution >= 0.6 is 0 Å². The van der Waals surface area contributed by atoms with Crippen molar-refractivity contribution in [2.75, 3.05) is 18.5 Å². The lowest BCUT2D eigenvalue weighted by Gasteiger charge is -2.08. The van der Waals surface area contributed by atoms with Crippen LogP contribution in [0, 0.1) is 6.92 Å². The van der Waals surface area contributed by atoms with Crippen LogP contribution in [0.2, 0.25) is 0 Å². The highest BCUT2D eigenvalue weighted by Crippen LogP contribution is 2.13. The Kier molecular flexibility index (Phi) is 5.74. The zero-order chi connectivity index (χ0) is 16.7. The second kappa shape index (κ2) is 7.98. The van der Waals surface area contributed by atoms with Gasteiger partial charge in [-0.1, -0.05) is 12.1 Å². The van der Waals surface area contributed by atoms with Crippen LogP contribution in [0.3, 0.4) is 0 Å². The van der Waals surface area contributed by atoms with Gasteiger partial charge in [0.15, 0.2) is 6.61 Å². The summed E-state index contributed by atoms with van der Waals surface area (Å²) in [6.45, 7) is 4.33. The molecule has 5 nitrogen and oxygen atoms in total. The monoisotopic (exact) mass is 312 g/mol. The number of hydrogen-bond donors (Lipinski definition) is 2. The summed E-state index contributed by atoms with van der Waals surface area (Å²) in [7, 11) is 0. The lowest BCUT2D eigenvalue weighted by atomic mass is 10.2. The molecule has 0 atom stereocenters. The number of carbonyl (C=O) groups excluding carboxylic acids is 2. The molecule has 120 valence electrons. The van der Waals surface area contributed by atoms with E-state index in [2.05, 4.69) is 10.6 Å². The maximum atomic E-state index is 11.9. The summed E-state index contributed by atoms with van der Waals surface area (Å²) in [6.07, 6.45) is 0. The second-order valence-corrected chi connectivity index (χ2v) is 5.09. The molecule has 0 aliphatic rings. The smallest absolute Gasteiger partial charge is 0.262 e. The first kappa shape index (κ1) is 16.5. The summed E-state index contributed by atoms with van der Waals surface area (Å²) in [5.41, 5.74) is 2.25. The van der Waals surface area contributed by atoms with Gasteiger partial charge in [-0.25, -0.2) is 0 Å². The average Bonchev–Trinajstić information content (AvgIpc) is 2.54. The third kappa shape index (κ3) is 5.14. The molecule has 5 heteroatoms. The molecule has 0 unspecified atom stereocenters. The van der Waals surface area contributed by atoms with E-state index in [1.54, 1.807) is 30.3 Å². The highest BCUT2D eigenvalue weighted by Gasteiger charge is 2.06. The molecular formula is C18H20N2O3. The van der Waals surface area contributed by atoms with E-state index in [1.807, 2.05) is 32.0 Å². The number of nitrogens with one attached hydrogen (secondary N) is 2. The first-order valence-corrected chi connectivity index (χ1v) is 7.46. The van der Waals surface area contributed by atoms with Crippen LogP contribution in [-0.4, -0.2) is 25.0 Å². The molecule has 0 aliphatic heterocycles. The molecule has 2 rings (SSSR count). The molecule has 0 saturated heterocycles. The summed E-state index contributed by atoms with van der Waals surface area (Å²) < 4.78 is 5.44. The zero-order valence-corrected chi connectivity index (χ0v) is 13.3. The van der Waals surface area contributed by atoms with Crippen molar-refractivity contribution in [3.05, 3.63) is 59.7 Å². The number of anilines is 1. The number of rotatable bonds is 6. The third-order valence-electron chi connectivity index (χ3n) is 3.13. The minimum absolute atomic E-state index is 0.0679. The summed E-state index contributed by atoms with van der Waals surface area (Å²) >= 11 is 0. The summed E-state index contributed by atoms with van der Waals surface area (Å²) in [5.74, 6) is 0.275. The number of hydrogen-bond acceptors (Lipinski definition) is 3. The molecule has 0 bridgehead atoms. The molecule has 2 N–H and O–H groups in total. The minimum atomic E-state index is -0.253. The van der Waals surface area contributed by atoms with Crippen LogP contribution in [0.5, 0.6) is 5.75 Å². The fourth-order valence-corrected chi connectivity index (χ4v) is 2.02. The molecule has 2 amide bonds. The standard InChI is InChI=1S/C18H20N2O3/c1-3-19-18(22)14-7-9-15(10-8-14)20-17(21)12-23-16-6-4-5-13(2)11-16/h4-11H,3,12H2,1-2H3,(H,19,22)(H,20,21). The van der Waals surface area contributed by atoms with Gasteiger partial charge in [0.2, 0.25) is 0 Å². The van der Waals surface area contributed by atoms with Crippen LogP contribution < -0.4 is 15.4 Å². The van der Waals surface area contributed by atoms with Gasteiger partial charge in [0.1, 0.15) is 5.75 Å². The van der Waals surface area contributed by atoms with Crippen molar-refractivity contribution in [3.8, 4) is 5.75 Å². The lowest BCUT2D eigenvalue weighted by Crippen LogP contribution is -2.23. The number of carbonyl (C=O) groups is 2. The van der Waals surface area contributed by atoms with Gasteiger partial charge < -0.3 is 15.4 Å². The molecule has 0 heterocycles. The van der Waals surface area contributed by atoms with Crippen molar-refractivity contribution in [3.63, 3.8) is 0 Å². The largest absolute Gasteiger partial charge is 0.484 e. The Balaban J connectivity index is 1.86. The van der Waals surface area contributed by atoms with Gasteiger partial charge in [0.05, 0.1) is 0 Å². The maximum absolute atomic E-state index is 11.9. The normalized spacial score (nSPS) is 10.0. The molecule has 2 aromatic rings. The van der Waals surface area contributed by atoms with Crippen LogP contribution in [-0.2, 0) is 4.79 Å². The van der Waals surface area contributed by atoms with Crippen LogP contribution in [0.4, 0.5) is 5.69 Å². The van der Waals surface area contributed by atoms with Gasteiger partial charge in [-0.05, 0) is 55.8 Å². The fourth-order valence-electron chi connectivity index (χ4n) is 2.02. The van der Waals surface area contributed by atoms with Gasteiger partial charge >= 0.3 is 0 Å². The molecule has 0 saturated carbocycles. The Labute approximate surface area is 135 Å². The van der Waals surface area contributed by atoms with Crippen molar-refractivity contribution in [1.29, 1.82) is 0 Å². The van der Waals surface area contributed by atoms with E-state index in [-0.39, 0.29) is 18.4 Å². The molecule has 2 aromatic carbocycles. The zero-order valence-electron chi connectivity index (χ0n) is 13.3. The van der Waals surface area contributed by atoms with Crippen LogP contribution in [0.25, 0.3) is 0 Å². The summed E-state index contributed by atoms with van der Waals surface area (Å²) in [5, 5.41) is 5.45. The first-order valence-electron chi connectivity index (χ1n) is 7.46. The Morgan fingerprint density at radius 2 is 1.83 bits per heavy atom. The maximum Gasteiger partial charge on any atom is 0.262 e. The molecule has 0 aromatic heterocycles. The van der Waals surface area contributed by atoms with Crippen molar-refractivity contribution in [2.24, 2.45) is 0 Å². The number of benzene rings is 2. The minimum Gasteiger partial charge on any atom is -0.484 e. The summed E-state index contributed by atoms with van der Waals surface area (Å²) in [4.78, 5) is 23.5. The quantitative estimate of drug-likeness (QED) is 0.862. The predicted molar refractivity (Wildman–Crippen MR) is 89.8 cm³/mol. The highest BCUT2D eigenvalue weighted by atomic mass is 16.5. The van der Waals surface area contributed by atoms with Crippen molar-refractivity contribution in [1.82, 2.24) is 5.32 Å². The number of aryl methyl sites for hydroxylation is 1. The predicted octanol–water partition coefficient (Wildman–Crippen LogP) is 2.76. The van der Waals surface area contributed by atoms with Crippen LogP contribution in [0.15, 0.2) is 48.5 Å². The van der Waals surface area contributed by atoms with Crippen molar-refractivity contribution in [2.45, 2.75) is 13.8 Å². The fraction of sp³-hybridized carbons (Fsp3) is 0.222.